The molecule has 2 rings (SSSR count). The predicted octanol–water partition coefficient (Wildman–Crippen LogP) is 2.36. The Morgan fingerprint density at radius 3 is 2.89 bits per heavy atom. The summed E-state index contributed by atoms with van der Waals surface area (Å²) in [5.74, 6) is -0.449. The third kappa shape index (κ3) is 2.60. The summed E-state index contributed by atoms with van der Waals surface area (Å²) in [4.78, 5) is 11.9. The molecule has 0 spiro atoms. The zero-order valence-electron chi connectivity index (χ0n) is 9.56. The summed E-state index contributed by atoms with van der Waals surface area (Å²) in [7, 11) is 1.73. The number of anilines is 1. The van der Waals surface area contributed by atoms with E-state index >= 15 is 0 Å². The average molecular weight is 305 g/mol. The maximum absolute atomic E-state index is 11.9. The van der Waals surface area contributed by atoms with Gasteiger partial charge in [-0.15, -0.1) is 5.10 Å². The number of nitrogens with zero attached hydrogens (tertiary/aromatic N) is 3. The van der Waals surface area contributed by atoms with Gasteiger partial charge in [-0.05, 0) is 18.5 Å². The Hall–Kier alpha value is -1.25. The second-order valence-corrected chi connectivity index (χ2v) is 5.42. The van der Waals surface area contributed by atoms with Gasteiger partial charge in [-0.3, -0.25) is 0 Å². The van der Waals surface area contributed by atoms with Gasteiger partial charge in [-0.25, -0.2) is 4.79 Å². The molecule has 0 aliphatic rings. The van der Waals surface area contributed by atoms with Crippen molar-refractivity contribution in [1.82, 2.24) is 14.0 Å². The molecule has 0 bridgehead atoms. The van der Waals surface area contributed by atoms with Gasteiger partial charge in [-0.1, -0.05) is 16.1 Å². The lowest BCUT2D eigenvalue weighted by Crippen LogP contribution is -2.08. The zero-order valence-corrected chi connectivity index (χ0v) is 11.9. The Labute approximate surface area is 116 Å². The molecule has 18 heavy (non-hydrogen) atoms. The molecule has 6 nitrogen and oxygen atoms in total. The van der Waals surface area contributed by atoms with Gasteiger partial charge in [0, 0.05) is 18.6 Å². The predicted molar refractivity (Wildman–Crippen MR) is 70.4 cm³/mol. The summed E-state index contributed by atoms with van der Waals surface area (Å²) in [6.45, 7) is 1.76. The number of halogens is 1. The smallest absolute Gasteiger partial charge is 0.343 e. The Kier molecular flexibility index (Phi) is 4.10. The number of rotatable bonds is 4. The molecular weight excluding hydrogens is 296 g/mol. The quantitative estimate of drug-likeness (QED) is 0.874. The van der Waals surface area contributed by atoms with Crippen LogP contribution in [0.1, 0.15) is 21.7 Å². The highest BCUT2D eigenvalue weighted by molar-refractivity contribution is 7.10. The molecule has 2 aromatic rings. The minimum absolute atomic E-state index is 0.00656. The largest absolute Gasteiger partial charge is 0.455 e. The molecule has 0 aliphatic heterocycles. The third-order valence-electron chi connectivity index (χ3n) is 2.14. The molecule has 0 saturated carbocycles. The van der Waals surface area contributed by atoms with E-state index in [0.717, 1.165) is 11.5 Å². The zero-order chi connectivity index (χ0) is 13.1. The summed E-state index contributed by atoms with van der Waals surface area (Å²) in [6.07, 6.45) is 0. The van der Waals surface area contributed by atoms with E-state index in [4.69, 9.17) is 16.3 Å². The van der Waals surface area contributed by atoms with Crippen LogP contribution in [0.4, 0.5) is 5.00 Å². The number of ether oxygens (including phenoxy) is 1. The highest BCUT2D eigenvalue weighted by Crippen LogP contribution is 2.25. The molecule has 1 N–H and O–H groups in total. The molecule has 0 saturated heterocycles. The molecule has 96 valence electrons. The van der Waals surface area contributed by atoms with E-state index in [-0.39, 0.29) is 6.61 Å². The first kappa shape index (κ1) is 13.2. The Morgan fingerprint density at radius 2 is 2.28 bits per heavy atom. The van der Waals surface area contributed by atoms with Crippen molar-refractivity contribution in [2.75, 3.05) is 12.4 Å². The van der Waals surface area contributed by atoms with E-state index in [1.165, 1.54) is 11.5 Å². The van der Waals surface area contributed by atoms with Crippen LogP contribution < -0.4 is 5.32 Å². The lowest BCUT2D eigenvalue weighted by molar-refractivity contribution is 0.0468. The fraction of sp³-hybridized carbons (Fsp3) is 0.333. The van der Waals surface area contributed by atoms with Crippen molar-refractivity contribution in [1.29, 1.82) is 0 Å². The van der Waals surface area contributed by atoms with Crippen LogP contribution in [-0.2, 0) is 11.3 Å². The van der Waals surface area contributed by atoms with E-state index < -0.39 is 5.97 Å². The summed E-state index contributed by atoms with van der Waals surface area (Å²) in [5, 5.41) is 7.35. The number of esters is 1. The fourth-order valence-corrected chi connectivity index (χ4v) is 2.60. The first-order chi connectivity index (χ1) is 8.63. The number of nitrogens with one attached hydrogen (secondary N) is 1. The summed E-state index contributed by atoms with van der Waals surface area (Å²) >= 11 is 8.09. The lowest BCUT2D eigenvalue weighted by Gasteiger charge is -2.04. The molecule has 0 atom stereocenters. The Balaban J connectivity index is 2.08. The lowest BCUT2D eigenvalue weighted by atomic mass is 10.2. The van der Waals surface area contributed by atoms with E-state index in [2.05, 4.69) is 19.3 Å². The molecular formula is C9H9ClN4O2S2. The monoisotopic (exact) mass is 304 g/mol. The van der Waals surface area contributed by atoms with Gasteiger partial charge in [0.2, 0.25) is 0 Å². The normalized spacial score (nSPS) is 10.4. The number of carbonyl (C=O) groups is 1. The third-order valence-corrected chi connectivity index (χ3v) is 4.08. The van der Waals surface area contributed by atoms with E-state index in [1.807, 2.05) is 0 Å². The van der Waals surface area contributed by atoms with Crippen LogP contribution in [0.15, 0.2) is 0 Å². The van der Waals surface area contributed by atoms with Crippen molar-refractivity contribution in [2.45, 2.75) is 13.5 Å². The molecule has 0 radical (unpaired) electrons. The fourth-order valence-electron chi connectivity index (χ4n) is 1.27. The highest BCUT2D eigenvalue weighted by atomic mass is 35.5. The second-order valence-electron chi connectivity index (χ2n) is 3.29. The maximum atomic E-state index is 11.9. The molecule has 2 aromatic heterocycles. The van der Waals surface area contributed by atoms with Crippen molar-refractivity contribution < 1.29 is 9.53 Å². The van der Waals surface area contributed by atoms with E-state index in [1.54, 1.807) is 14.0 Å². The van der Waals surface area contributed by atoms with Crippen molar-refractivity contribution in [3.05, 3.63) is 21.3 Å². The van der Waals surface area contributed by atoms with Gasteiger partial charge in [-0.2, -0.15) is 4.37 Å². The first-order valence-corrected chi connectivity index (χ1v) is 6.83. The van der Waals surface area contributed by atoms with Gasteiger partial charge < -0.3 is 10.1 Å². The van der Waals surface area contributed by atoms with Crippen molar-refractivity contribution in [3.63, 3.8) is 0 Å². The molecule has 0 unspecified atom stereocenters. The van der Waals surface area contributed by atoms with Gasteiger partial charge in [0.05, 0.1) is 5.69 Å². The molecule has 9 heteroatoms. The number of aryl methyl sites for hydroxylation is 1. The Morgan fingerprint density at radius 1 is 1.50 bits per heavy atom. The molecule has 0 fully saturated rings. The van der Waals surface area contributed by atoms with Crippen molar-refractivity contribution in [3.8, 4) is 0 Å². The minimum Gasteiger partial charge on any atom is -0.455 e. The number of hydrogen-bond donors (Lipinski definition) is 1. The van der Waals surface area contributed by atoms with Crippen LogP contribution in [0.3, 0.4) is 0 Å². The van der Waals surface area contributed by atoms with Crippen LogP contribution in [0.25, 0.3) is 0 Å². The van der Waals surface area contributed by atoms with E-state index in [9.17, 15) is 4.79 Å². The summed E-state index contributed by atoms with van der Waals surface area (Å²) in [6, 6.07) is 0. The topological polar surface area (TPSA) is 77.0 Å². The second kappa shape index (κ2) is 5.59. The number of hydrogen-bond acceptors (Lipinski definition) is 8. The van der Waals surface area contributed by atoms with Crippen LogP contribution in [-0.4, -0.2) is 27.0 Å². The first-order valence-electron chi connectivity index (χ1n) is 4.91. The van der Waals surface area contributed by atoms with Crippen molar-refractivity contribution >= 4 is 45.6 Å². The van der Waals surface area contributed by atoms with Gasteiger partial charge in [0.25, 0.3) is 0 Å². The SMILES string of the molecule is CNc1snc(C)c1C(=O)OCc1nnsc1Cl. The van der Waals surface area contributed by atoms with Crippen LogP contribution in [0, 0.1) is 6.92 Å². The number of aromatic nitrogens is 3. The molecule has 0 amide bonds. The number of carbonyl (C=O) groups excluding carboxylic acids is 1. The molecule has 2 heterocycles. The standard InChI is InChI=1S/C9H9ClN4O2S2/c1-4-6(8(11-2)18-13-4)9(15)16-3-5-7(10)17-14-12-5/h11H,3H2,1-2H3. The van der Waals surface area contributed by atoms with Gasteiger partial charge >= 0.3 is 5.97 Å². The maximum Gasteiger partial charge on any atom is 0.343 e. The summed E-state index contributed by atoms with van der Waals surface area (Å²) < 4.78 is 13.3. The van der Waals surface area contributed by atoms with Gasteiger partial charge in [0.1, 0.15) is 27.2 Å². The molecule has 0 aliphatic carbocycles. The van der Waals surface area contributed by atoms with E-state index in [0.29, 0.717) is 26.3 Å². The van der Waals surface area contributed by atoms with Crippen LogP contribution in [0.5, 0.6) is 0 Å². The average Bonchev–Trinajstić information content (AvgIpc) is 2.92. The van der Waals surface area contributed by atoms with Crippen molar-refractivity contribution in [2.24, 2.45) is 0 Å². The highest BCUT2D eigenvalue weighted by Gasteiger charge is 2.20. The minimum atomic E-state index is -0.449. The molecule has 0 aromatic carbocycles. The van der Waals surface area contributed by atoms with Gasteiger partial charge in [0.15, 0.2) is 0 Å². The van der Waals surface area contributed by atoms with Crippen LogP contribution in [0.2, 0.25) is 4.34 Å². The van der Waals surface area contributed by atoms with Crippen LogP contribution >= 0.6 is 34.7 Å². The Bertz CT molecular complexity index is 569. The summed E-state index contributed by atoms with van der Waals surface area (Å²) in [5.41, 5.74) is 1.54.